The molecule has 0 radical (unpaired) electrons. The summed E-state index contributed by atoms with van der Waals surface area (Å²) in [6.07, 6.45) is -0.0143. The first-order chi connectivity index (χ1) is 12.1. The van der Waals surface area contributed by atoms with Crippen LogP contribution in [0.4, 0.5) is 5.69 Å². The van der Waals surface area contributed by atoms with E-state index < -0.39 is 27.9 Å². The molecule has 1 atom stereocenters. The molecule has 140 valence electrons. The molecule has 0 aliphatic heterocycles. The number of carbonyl (C=O) groups is 2. The van der Waals surface area contributed by atoms with Gasteiger partial charge in [0.15, 0.2) is 6.10 Å². The first-order valence-corrected chi connectivity index (χ1v) is 10.3. The van der Waals surface area contributed by atoms with Crippen molar-refractivity contribution in [2.75, 3.05) is 11.0 Å². The van der Waals surface area contributed by atoms with Crippen molar-refractivity contribution in [1.29, 1.82) is 0 Å². The van der Waals surface area contributed by atoms with E-state index in [1.54, 1.807) is 12.3 Å². The van der Waals surface area contributed by atoms with Crippen LogP contribution < -0.4 is 9.60 Å². The van der Waals surface area contributed by atoms with Gasteiger partial charge in [0.2, 0.25) is 15.8 Å². The molecule has 0 aliphatic rings. The molecule has 0 fully saturated rings. The lowest BCUT2D eigenvalue weighted by molar-refractivity contribution is -0.147. The van der Waals surface area contributed by atoms with Crippen LogP contribution in [0.3, 0.4) is 0 Å². The highest BCUT2D eigenvalue weighted by atomic mass is 32.2. The van der Waals surface area contributed by atoms with Crippen LogP contribution in [0.5, 0.6) is 0 Å². The van der Waals surface area contributed by atoms with Crippen LogP contribution >= 0.6 is 11.3 Å². The molecule has 0 unspecified atom stereocenters. The molecule has 1 N–H and O–H groups in total. The third-order valence-corrected chi connectivity index (χ3v) is 4.90. The number of Topliss-reactive ketones (excluding diaryl/α,β-unsaturated/α-hetero) is 1. The van der Waals surface area contributed by atoms with Gasteiger partial charge in [0.1, 0.15) is 6.54 Å². The number of aryl methyl sites for hydroxylation is 1. The predicted molar refractivity (Wildman–Crippen MR) is 98.1 cm³/mol. The van der Waals surface area contributed by atoms with Gasteiger partial charge >= 0.3 is 10.8 Å². The number of benzene rings is 1. The highest BCUT2D eigenvalue weighted by Gasteiger charge is 2.20. The van der Waals surface area contributed by atoms with Crippen LogP contribution in [-0.2, 0) is 26.1 Å². The van der Waals surface area contributed by atoms with Crippen LogP contribution in [0.25, 0.3) is 0 Å². The monoisotopic (exact) mass is 398 g/mol. The maximum Gasteiger partial charge on any atom is 0.326 e. The van der Waals surface area contributed by atoms with Crippen molar-refractivity contribution in [3.8, 4) is 0 Å². The number of thiazole rings is 1. The first kappa shape index (κ1) is 19.9. The molecule has 10 heteroatoms. The quantitative estimate of drug-likeness (QED) is 0.557. The Morgan fingerprint density at radius 2 is 1.88 bits per heavy atom. The maximum atomic E-state index is 12.3. The van der Waals surface area contributed by atoms with Crippen LogP contribution in [0, 0.1) is 6.92 Å². The number of anilines is 1. The van der Waals surface area contributed by atoms with E-state index in [2.05, 4.69) is 4.72 Å². The summed E-state index contributed by atoms with van der Waals surface area (Å²) in [5.41, 5.74) is 1.24. The van der Waals surface area contributed by atoms with Gasteiger partial charge in [-0.2, -0.15) is 0 Å². The number of sulfonamides is 1. The molecule has 0 bridgehead atoms. The van der Waals surface area contributed by atoms with E-state index in [1.165, 1.54) is 35.8 Å². The minimum atomic E-state index is -3.41. The Hall–Kier alpha value is -2.46. The van der Waals surface area contributed by atoms with Crippen LogP contribution in [0.15, 0.2) is 34.4 Å². The molecular formula is C16H18N2O6S2. The van der Waals surface area contributed by atoms with Gasteiger partial charge in [-0.25, -0.2) is 8.42 Å². The molecule has 26 heavy (non-hydrogen) atoms. The van der Waals surface area contributed by atoms with E-state index in [0.29, 0.717) is 11.4 Å². The van der Waals surface area contributed by atoms with Crippen LogP contribution in [0.2, 0.25) is 0 Å². The fourth-order valence-corrected chi connectivity index (χ4v) is 3.46. The zero-order valence-electron chi connectivity index (χ0n) is 14.4. The van der Waals surface area contributed by atoms with Crippen molar-refractivity contribution in [2.24, 2.45) is 0 Å². The van der Waals surface area contributed by atoms with Crippen molar-refractivity contribution in [1.82, 2.24) is 4.57 Å². The Bertz CT molecular complexity index is 973. The van der Waals surface area contributed by atoms with E-state index in [9.17, 15) is 22.8 Å². The first-order valence-electron chi connectivity index (χ1n) is 7.53. The lowest BCUT2D eigenvalue weighted by atomic mass is 10.1. The second-order valence-corrected chi connectivity index (χ2v) is 8.25. The largest absolute Gasteiger partial charge is 0.453 e. The van der Waals surface area contributed by atoms with E-state index in [-0.39, 0.29) is 17.0 Å². The number of esters is 1. The maximum absolute atomic E-state index is 12.3. The summed E-state index contributed by atoms with van der Waals surface area (Å²) in [4.78, 5) is 35.6. The third kappa shape index (κ3) is 5.27. The zero-order chi connectivity index (χ0) is 19.5. The normalized spacial score (nSPS) is 12.4. The molecule has 0 saturated carbocycles. The van der Waals surface area contributed by atoms with Crippen molar-refractivity contribution in [3.05, 3.63) is 50.6 Å². The Balaban J connectivity index is 2.00. The van der Waals surface area contributed by atoms with Gasteiger partial charge < -0.3 is 4.74 Å². The van der Waals surface area contributed by atoms with Crippen molar-refractivity contribution in [2.45, 2.75) is 26.5 Å². The standard InChI is InChI=1S/C16H18N2O6S2/c1-10-9-25-16(21)18(10)8-14(19)24-11(2)15(20)12-4-6-13(7-5-12)17-26(3,22)23/h4-7,9,11,17H,8H2,1-3H3/t11-/m1/s1. The highest BCUT2D eigenvalue weighted by Crippen LogP contribution is 2.13. The van der Waals surface area contributed by atoms with Gasteiger partial charge in [0.05, 0.1) is 6.26 Å². The van der Waals surface area contributed by atoms with Crippen molar-refractivity contribution >= 4 is 38.8 Å². The zero-order valence-corrected chi connectivity index (χ0v) is 16.0. The molecule has 0 saturated heterocycles. The molecule has 0 aliphatic carbocycles. The second kappa shape index (κ2) is 7.83. The SMILES string of the molecule is Cc1csc(=O)n1CC(=O)O[C@H](C)C(=O)c1ccc(NS(C)(=O)=O)cc1. The number of rotatable bonds is 7. The Morgan fingerprint density at radius 3 is 2.38 bits per heavy atom. The Morgan fingerprint density at radius 1 is 1.27 bits per heavy atom. The summed E-state index contributed by atoms with van der Waals surface area (Å²) < 4.78 is 31.0. The summed E-state index contributed by atoms with van der Waals surface area (Å²) in [6, 6.07) is 5.76. The predicted octanol–water partition coefficient (Wildman–Crippen LogP) is 1.40. The van der Waals surface area contributed by atoms with E-state index in [4.69, 9.17) is 4.74 Å². The number of aromatic nitrogens is 1. The van der Waals surface area contributed by atoms with E-state index >= 15 is 0 Å². The fourth-order valence-electron chi connectivity index (χ4n) is 2.16. The lowest BCUT2D eigenvalue weighted by Crippen LogP contribution is -2.29. The van der Waals surface area contributed by atoms with Gasteiger partial charge in [0, 0.05) is 22.3 Å². The summed E-state index contributed by atoms with van der Waals surface area (Å²) in [7, 11) is -3.41. The molecule has 0 spiro atoms. The van der Waals surface area contributed by atoms with Gasteiger partial charge in [-0.1, -0.05) is 11.3 Å². The van der Waals surface area contributed by atoms with Crippen LogP contribution in [-0.4, -0.2) is 37.1 Å². The number of ketones is 1. The average Bonchev–Trinajstić information content (AvgIpc) is 2.85. The Kier molecular flexibility index (Phi) is 5.98. The fraction of sp³-hybridized carbons (Fsp3) is 0.312. The third-order valence-electron chi connectivity index (χ3n) is 3.41. The highest BCUT2D eigenvalue weighted by molar-refractivity contribution is 7.92. The molecule has 0 amide bonds. The summed E-state index contributed by atoms with van der Waals surface area (Å²) in [5, 5.41) is 1.64. The van der Waals surface area contributed by atoms with E-state index in [0.717, 1.165) is 17.6 Å². The molecule has 1 aromatic carbocycles. The number of nitrogens with one attached hydrogen (secondary N) is 1. The molecule has 2 aromatic rings. The number of hydrogen-bond donors (Lipinski definition) is 1. The lowest BCUT2D eigenvalue weighted by Gasteiger charge is -2.13. The summed E-state index contributed by atoms with van der Waals surface area (Å²) >= 11 is 0.984. The smallest absolute Gasteiger partial charge is 0.326 e. The topological polar surface area (TPSA) is 112 Å². The van der Waals surface area contributed by atoms with Gasteiger partial charge in [-0.15, -0.1) is 0 Å². The van der Waals surface area contributed by atoms with Crippen molar-refractivity contribution < 1.29 is 22.7 Å². The number of ether oxygens (including phenoxy) is 1. The van der Waals surface area contributed by atoms with Gasteiger partial charge in [0.25, 0.3) is 0 Å². The molecule has 8 nitrogen and oxygen atoms in total. The molecule has 1 heterocycles. The number of nitrogens with zero attached hydrogens (tertiary/aromatic N) is 1. The minimum absolute atomic E-state index is 0.261. The van der Waals surface area contributed by atoms with Crippen molar-refractivity contribution in [3.63, 3.8) is 0 Å². The summed E-state index contributed by atoms with van der Waals surface area (Å²) in [5.74, 6) is -1.12. The molecular weight excluding hydrogens is 380 g/mol. The molecule has 1 aromatic heterocycles. The Labute approximate surface area is 154 Å². The van der Waals surface area contributed by atoms with E-state index in [1.807, 2.05) is 0 Å². The summed E-state index contributed by atoms with van der Waals surface area (Å²) in [6.45, 7) is 2.88. The second-order valence-electron chi connectivity index (χ2n) is 5.68. The number of hydrogen-bond acceptors (Lipinski definition) is 7. The van der Waals surface area contributed by atoms with Crippen LogP contribution in [0.1, 0.15) is 23.0 Å². The minimum Gasteiger partial charge on any atom is -0.453 e. The van der Waals surface area contributed by atoms with Gasteiger partial charge in [-0.05, 0) is 38.1 Å². The number of carbonyl (C=O) groups excluding carboxylic acids is 2. The average molecular weight is 398 g/mol. The molecule has 2 rings (SSSR count). The van der Waals surface area contributed by atoms with Gasteiger partial charge in [-0.3, -0.25) is 23.7 Å².